The molecular formula is C21H24ClFN2O2. The number of rotatable bonds is 7. The summed E-state index contributed by atoms with van der Waals surface area (Å²) < 4.78 is 18.3. The summed E-state index contributed by atoms with van der Waals surface area (Å²) in [6.07, 6.45) is 3.60. The first-order valence-electron chi connectivity index (χ1n) is 9.26. The van der Waals surface area contributed by atoms with Crippen LogP contribution in [0.1, 0.15) is 30.9 Å². The van der Waals surface area contributed by atoms with Gasteiger partial charge in [0.1, 0.15) is 11.6 Å². The van der Waals surface area contributed by atoms with Crippen LogP contribution in [-0.2, 0) is 4.79 Å². The Morgan fingerprint density at radius 2 is 1.74 bits per heavy atom. The number of benzene rings is 2. The number of piperidine rings is 1. The Morgan fingerprint density at radius 1 is 1.07 bits per heavy atom. The number of ether oxygens (including phenoxy) is 1. The number of amides is 1. The second-order valence-electron chi connectivity index (χ2n) is 6.71. The van der Waals surface area contributed by atoms with Crippen molar-refractivity contribution in [2.75, 3.05) is 26.2 Å². The van der Waals surface area contributed by atoms with Crippen molar-refractivity contribution in [1.29, 1.82) is 0 Å². The first-order chi connectivity index (χ1) is 13.1. The molecule has 0 unspecified atom stereocenters. The third kappa shape index (κ3) is 5.94. The van der Waals surface area contributed by atoms with E-state index in [-0.39, 0.29) is 24.4 Å². The van der Waals surface area contributed by atoms with Gasteiger partial charge in [-0.2, -0.15) is 0 Å². The van der Waals surface area contributed by atoms with Crippen LogP contribution in [-0.4, -0.2) is 37.0 Å². The molecule has 1 atom stereocenters. The minimum absolute atomic E-state index is 0.0982. The van der Waals surface area contributed by atoms with Crippen molar-refractivity contribution in [3.63, 3.8) is 0 Å². The molecule has 1 heterocycles. The van der Waals surface area contributed by atoms with Crippen LogP contribution < -0.4 is 10.1 Å². The molecule has 27 heavy (non-hydrogen) atoms. The highest BCUT2D eigenvalue weighted by Crippen LogP contribution is 2.25. The average molecular weight is 391 g/mol. The molecular weight excluding hydrogens is 367 g/mol. The van der Waals surface area contributed by atoms with Gasteiger partial charge >= 0.3 is 0 Å². The number of nitrogens with zero attached hydrogens (tertiary/aromatic N) is 1. The van der Waals surface area contributed by atoms with Gasteiger partial charge in [0.25, 0.3) is 5.91 Å². The highest BCUT2D eigenvalue weighted by atomic mass is 35.5. The molecule has 0 spiro atoms. The van der Waals surface area contributed by atoms with Crippen LogP contribution in [0.2, 0.25) is 5.02 Å². The highest BCUT2D eigenvalue weighted by molar-refractivity contribution is 6.30. The van der Waals surface area contributed by atoms with E-state index in [1.54, 1.807) is 0 Å². The van der Waals surface area contributed by atoms with E-state index in [9.17, 15) is 9.18 Å². The maximum Gasteiger partial charge on any atom is 0.258 e. The molecule has 1 aliphatic rings. The molecule has 0 aromatic heterocycles. The summed E-state index contributed by atoms with van der Waals surface area (Å²) in [7, 11) is 0. The van der Waals surface area contributed by atoms with Crippen molar-refractivity contribution < 1.29 is 13.9 Å². The topological polar surface area (TPSA) is 41.6 Å². The van der Waals surface area contributed by atoms with Crippen LogP contribution in [0.5, 0.6) is 5.75 Å². The number of carbonyl (C=O) groups excluding carboxylic acids is 1. The number of nitrogens with one attached hydrogen (secondary N) is 1. The zero-order valence-corrected chi connectivity index (χ0v) is 15.9. The lowest BCUT2D eigenvalue weighted by Gasteiger charge is -2.35. The van der Waals surface area contributed by atoms with Crippen LogP contribution in [0.25, 0.3) is 0 Å². The molecule has 0 bridgehead atoms. The van der Waals surface area contributed by atoms with Crippen molar-refractivity contribution in [2.45, 2.75) is 25.3 Å². The largest absolute Gasteiger partial charge is 0.484 e. The third-order valence-corrected chi connectivity index (χ3v) is 5.01. The molecule has 144 valence electrons. The zero-order chi connectivity index (χ0) is 19.1. The third-order valence-electron chi connectivity index (χ3n) is 4.76. The number of hydrogen-bond acceptors (Lipinski definition) is 3. The lowest BCUT2D eigenvalue weighted by Crippen LogP contribution is -2.41. The minimum Gasteiger partial charge on any atom is -0.484 e. The molecule has 4 nitrogen and oxygen atoms in total. The maximum absolute atomic E-state index is 12.9. The Kier molecular flexibility index (Phi) is 7.07. The van der Waals surface area contributed by atoms with Crippen molar-refractivity contribution >= 4 is 17.5 Å². The molecule has 3 rings (SSSR count). The van der Waals surface area contributed by atoms with Crippen LogP contribution in [0.3, 0.4) is 0 Å². The predicted molar refractivity (Wildman–Crippen MR) is 105 cm³/mol. The fourth-order valence-corrected chi connectivity index (χ4v) is 3.44. The van der Waals surface area contributed by atoms with E-state index in [2.05, 4.69) is 10.2 Å². The fourth-order valence-electron chi connectivity index (χ4n) is 3.31. The highest BCUT2D eigenvalue weighted by Gasteiger charge is 2.23. The van der Waals surface area contributed by atoms with Crippen molar-refractivity contribution in [3.8, 4) is 5.75 Å². The molecule has 0 aliphatic carbocycles. The summed E-state index contributed by atoms with van der Waals surface area (Å²) in [4.78, 5) is 14.6. The second-order valence-corrected chi connectivity index (χ2v) is 7.15. The van der Waals surface area contributed by atoms with Gasteiger partial charge in [0.05, 0.1) is 6.04 Å². The number of carbonyl (C=O) groups is 1. The van der Waals surface area contributed by atoms with Gasteiger partial charge in [-0.1, -0.05) is 30.2 Å². The van der Waals surface area contributed by atoms with E-state index in [0.29, 0.717) is 17.3 Å². The number of halogens is 2. The van der Waals surface area contributed by atoms with Crippen molar-refractivity contribution in [2.24, 2.45) is 0 Å². The van der Waals surface area contributed by atoms with Crippen LogP contribution in [0.4, 0.5) is 4.39 Å². The number of likely N-dealkylation sites (tertiary alicyclic amines) is 1. The van der Waals surface area contributed by atoms with E-state index >= 15 is 0 Å². The van der Waals surface area contributed by atoms with Crippen LogP contribution in [0.15, 0.2) is 48.5 Å². The van der Waals surface area contributed by atoms with Gasteiger partial charge in [0, 0.05) is 11.6 Å². The van der Waals surface area contributed by atoms with Gasteiger partial charge < -0.3 is 10.1 Å². The summed E-state index contributed by atoms with van der Waals surface area (Å²) >= 11 is 6.02. The summed E-state index contributed by atoms with van der Waals surface area (Å²) in [6.45, 7) is 2.46. The first-order valence-corrected chi connectivity index (χ1v) is 9.64. The van der Waals surface area contributed by atoms with Gasteiger partial charge in [0.15, 0.2) is 6.61 Å². The molecule has 2 aromatic rings. The molecule has 1 aliphatic heterocycles. The molecule has 0 saturated carbocycles. The fraction of sp³-hybridized carbons (Fsp3) is 0.381. The Morgan fingerprint density at radius 3 is 2.41 bits per heavy atom. The molecule has 6 heteroatoms. The second kappa shape index (κ2) is 9.72. The van der Waals surface area contributed by atoms with Crippen molar-refractivity contribution in [1.82, 2.24) is 10.2 Å². The standard InChI is InChI=1S/C21H24ClFN2O2/c22-17-6-4-16(5-7-17)20(25-12-2-1-3-13-25)14-24-21(26)15-27-19-10-8-18(23)9-11-19/h4-11,20H,1-3,12-15H2,(H,24,26)/t20-/m1/s1. The monoisotopic (exact) mass is 390 g/mol. The van der Waals surface area contributed by atoms with E-state index < -0.39 is 0 Å². The predicted octanol–water partition coefficient (Wildman–Crippen LogP) is 4.20. The van der Waals surface area contributed by atoms with E-state index in [0.717, 1.165) is 18.7 Å². The minimum atomic E-state index is -0.334. The van der Waals surface area contributed by atoms with Crippen LogP contribution >= 0.6 is 11.6 Å². The Labute approximate surface area is 164 Å². The normalized spacial score (nSPS) is 15.9. The molecule has 1 fully saturated rings. The SMILES string of the molecule is O=C(COc1ccc(F)cc1)NC[C@H](c1ccc(Cl)cc1)N1CCCCC1. The van der Waals surface area contributed by atoms with Crippen LogP contribution in [0, 0.1) is 5.82 Å². The van der Waals surface area contributed by atoms with Crippen molar-refractivity contribution in [3.05, 3.63) is 64.9 Å². The van der Waals surface area contributed by atoms with Gasteiger partial charge in [-0.3, -0.25) is 9.69 Å². The molecule has 1 saturated heterocycles. The molecule has 1 N–H and O–H groups in total. The molecule has 2 aromatic carbocycles. The average Bonchev–Trinajstić information content (AvgIpc) is 2.70. The van der Waals surface area contributed by atoms with E-state index in [4.69, 9.17) is 16.3 Å². The smallest absolute Gasteiger partial charge is 0.258 e. The Balaban J connectivity index is 1.57. The molecule has 1 amide bonds. The van der Waals surface area contributed by atoms with Gasteiger partial charge in [-0.15, -0.1) is 0 Å². The Hall–Kier alpha value is -2.11. The van der Waals surface area contributed by atoms with Gasteiger partial charge in [-0.25, -0.2) is 4.39 Å². The lowest BCUT2D eigenvalue weighted by molar-refractivity contribution is -0.123. The summed E-state index contributed by atoms with van der Waals surface area (Å²) in [6, 6.07) is 13.5. The van der Waals surface area contributed by atoms with E-state index in [1.807, 2.05) is 24.3 Å². The first kappa shape index (κ1) is 19.6. The van der Waals surface area contributed by atoms with Gasteiger partial charge in [-0.05, 0) is 67.9 Å². The summed E-state index contributed by atoms with van der Waals surface area (Å²) in [5.41, 5.74) is 1.14. The lowest BCUT2D eigenvalue weighted by atomic mass is 10.0. The quantitative estimate of drug-likeness (QED) is 0.770. The summed E-state index contributed by atoms with van der Waals surface area (Å²) in [5.74, 6) is -0.0636. The Bertz CT molecular complexity index is 731. The molecule has 0 radical (unpaired) electrons. The maximum atomic E-state index is 12.9. The van der Waals surface area contributed by atoms with Gasteiger partial charge in [0.2, 0.25) is 0 Å². The summed E-state index contributed by atoms with van der Waals surface area (Å²) in [5, 5.41) is 3.66. The zero-order valence-electron chi connectivity index (χ0n) is 15.2. The van der Waals surface area contributed by atoms with E-state index in [1.165, 1.54) is 43.5 Å². The number of hydrogen-bond donors (Lipinski definition) is 1.